The third-order valence-electron chi connectivity index (χ3n) is 4.12. The van der Waals surface area contributed by atoms with Crippen LogP contribution in [-0.2, 0) is 16.1 Å². The van der Waals surface area contributed by atoms with Gasteiger partial charge in [0, 0.05) is 6.54 Å². The van der Waals surface area contributed by atoms with Crippen molar-refractivity contribution >= 4 is 17.5 Å². The predicted octanol–water partition coefficient (Wildman–Crippen LogP) is 3.00. The Labute approximate surface area is 137 Å². The number of nitrogens with one attached hydrogen (secondary N) is 2. The minimum absolute atomic E-state index is 0.294. The molecule has 2 aromatic rings. The van der Waals surface area contributed by atoms with E-state index in [0.29, 0.717) is 19.4 Å². The van der Waals surface area contributed by atoms with E-state index in [1.54, 1.807) is 0 Å². The zero-order valence-electron chi connectivity index (χ0n) is 12.8. The lowest BCUT2D eigenvalue weighted by Gasteiger charge is -2.16. The van der Waals surface area contributed by atoms with Gasteiger partial charge in [0.1, 0.15) is 22.7 Å². The van der Waals surface area contributed by atoms with E-state index in [-0.39, 0.29) is 0 Å². The third-order valence-corrected chi connectivity index (χ3v) is 4.12. The molecule has 124 valence electrons. The monoisotopic (exact) mass is 330 g/mol. The van der Waals surface area contributed by atoms with E-state index in [9.17, 15) is 18.4 Å². The lowest BCUT2D eigenvalue weighted by atomic mass is 10.0. The van der Waals surface area contributed by atoms with Crippen molar-refractivity contribution in [1.29, 1.82) is 0 Å². The van der Waals surface area contributed by atoms with Gasteiger partial charge in [-0.1, -0.05) is 36.4 Å². The van der Waals surface area contributed by atoms with Gasteiger partial charge in [0.05, 0.1) is 0 Å². The molecule has 0 saturated heterocycles. The molecule has 2 aromatic carbocycles. The molecular weight excluding hydrogens is 314 g/mol. The average molecular weight is 330 g/mol. The van der Waals surface area contributed by atoms with Crippen LogP contribution in [0.3, 0.4) is 0 Å². The van der Waals surface area contributed by atoms with E-state index in [2.05, 4.69) is 10.6 Å². The van der Waals surface area contributed by atoms with Gasteiger partial charge < -0.3 is 10.6 Å². The molecule has 2 N–H and O–H groups in total. The standard InChI is InChI=1S/C18H16F2N2O2/c19-13-7-4-8-14(20)15(13)22-17(24)18(9-10-18)16(23)21-11-12-5-2-1-3-6-12/h1-8H,9-11H2,(H,21,23)(H,22,24). The molecule has 24 heavy (non-hydrogen) atoms. The Balaban J connectivity index is 1.67. The number of hydrogen-bond donors (Lipinski definition) is 2. The molecule has 1 saturated carbocycles. The van der Waals surface area contributed by atoms with Gasteiger partial charge in [-0.3, -0.25) is 9.59 Å². The third kappa shape index (κ3) is 3.13. The number of amides is 2. The summed E-state index contributed by atoms with van der Waals surface area (Å²) >= 11 is 0. The largest absolute Gasteiger partial charge is 0.351 e. The number of benzene rings is 2. The molecule has 3 rings (SSSR count). The summed E-state index contributed by atoms with van der Waals surface area (Å²) in [7, 11) is 0. The van der Waals surface area contributed by atoms with E-state index >= 15 is 0 Å². The van der Waals surface area contributed by atoms with Crippen LogP contribution >= 0.6 is 0 Å². The normalized spacial score (nSPS) is 14.8. The summed E-state index contributed by atoms with van der Waals surface area (Å²) in [5, 5.41) is 4.92. The summed E-state index contributed by atoms with van der Waals surface area (Å²) in [5.41, 5.74) is -0.865. The Morgan fingerprint density at radius 2 is 1.54 bits per heavy atom. The van der Waals surface area contributed by atoms with E-state index < -0.39 is 34.6 Å². The summed E-state index contributed by atoms with van der Waals surface area (Å²) in [6.45, 7) is 0.294. The van der Waals surface area contributed by atoms with Crippen molar-refractivity contribution in [2.45, 2.75) is 19.4 Å². The molecule has 0 atom stereocenters. The van der Waals surface area contributed by atoms with Gasteiger partial charge in [-0.25, -0.2) is 8.78 Å². The molecule has 0 unspecified atom stereocenters. The van der Waals surface area contributed by atoms with Crippen molar-refractivity contribution in [2.75, 3.05) is 5.32 Å². The van der Waals surface area contributed by atoms with Crippen molar-refractivity contribution in [3.05, 3.63) is 65.7 Å². The zero-order chi connectivity index (χ0) is 17.2. The lowest BCUT2D eigenvalue weighted by Crippen LogP contribution is -2.39. The van der Waals surface area contributed by atoms with Crippen LogP contribution in [0.5, 0.6) is 0 Å². The number of carbonyl (C=O) groups excluding carboxylic acids is 2. The number of rotatable bonds is 5. The van der Waals surface area contributed by atoms with E-state index in [0.717, 1.165) is 17.7 Å². The van der Waals surface area contributed by atoms with Crippen LogP contribution in [0.2, 0.25) is 0 Å². The van der Waals surface area contributed by atoms with Crippen molar-refractivity contribution in [3.63, 3.8) is 0 Å². The number of para-hydroxylation sites is 1. The Morgan fingerprint density at radius 1 is 0.917 bits per heavy atom. The first-order valence-corrected chi connectivity index (χ1v) is 7.61. The molecule has 2 amide bonds. The number of hydrogen-bond acceptors (Lipinski definition) is 2. The lowest BCUT2D eigenvalue weighted by molar-refractivity contribution is -0.134. The molecule has 1 aliphatic carbocycles. The fourth-order valence-corrected chi connectivity index (χ4v) is 2.48. The van der Waals surface area contributed by atoms with E-state index in [4.69, 9.17) is 0 Å². The van der Waals surface area contributed by atoms with Crippen LogP contribution in [-0.4, -0.2) is 11.8 Å². The molecular formula is C18H16F2N2O2. The van der Waals surface area contributed by atoms with Crippen LogP contribution < -0.4 is 10.6 Å². The Kier molecular flexibility index (Phi) is 4.29. The Morgan fingerprint density at radius 3 is 2.12 bits per heavy atom. The summed E-state index contributed by atoms with van der Waals surface area (Å²) in [6, 6.07) is 12.6. The van der Waals surface area contributed by atoms with Gasteiger partial charge in [0.25, 0.3) is 0 Å². The summed E-state index contributed by atoms with van der Waals surface area (Å²) < 4.78 is 27.3. The van der Waals surface area contributed by atoms with Crippen LogP contribution in [0.25, 0.3) is 0 Å². The molecule has 0 radical (unpaired) electrons. The fourth-order valence-electron chi connectivity index (χ4n) is 2.48. The summed E-state index contributed by atoms with van der Waals surface area (Å²) in [6.07, 6.45) is 0.713. The molecule has 1 fully saturated rings. The predicted molar refractivity (Wildman–Crippen MR) is 84.9 cm³/mol. The van der Waals surface area contributed by atoms with Crippen LogP contribution in [0.15, 0.2) is 48.5 Å². The Hall–Kier alpha value is -2.76. The van der Waals surface area contributed by atoms with E-state index in [1.165, 1.54) is 6.07 Å². The molecule has 4 nitrogen and oxygen atoms in total. The summed E-state index contributed by atoms with van der Waals surface area (Å²) in [5.74, 6) is -2.86. The van der Waals surface area contributed by atoms with Gasteiger partial charge >= 0.3 is 0 Å². The highest BCUT2D eigenvalue weighted by Gasteiger charge is 2.56. The van der Waals surface area contributed by atoms with E-state index in [1.807, 2.05) is 30.3 Å². The maximum absolute atomic E-state index is 13.6. The molecule has 0 heterocycles. The molecule has 0 bridgehead atoms. The van der Waals surface area contributed by atoms with Gasteiger partial charge in [-0.05, 0) is 30.5 Å². The van der Waals surface area contributed by atoms with Gasteiger partial charge in [0.2, 0.25) is 11.8 Å². The molecule has 1 aliphatic rings. The number of halogens is 2. The van der Waals surface area contributed by atoms with Crippen LogP contribution in [0.4, 0.5) is 14.5 Å². The first-order chi connectivity index (χ1) is 11.5. The quantitative estimate of drug-likeness (QED) is 0.828. The Bertz CT molecular complexity index is 754. The highest BCUT2D eigenvalue weighted by atomic mass is 19.1. The first kappa shape index (κ1) is 16.1. The highest BCUT2D eigenvalue weighted by molar-refractivity contribution is 6.13. The van der Waals surface area contributed by atoms with Crippen molar-refractivity contribution < 1.29 is 18.4 Å². The SMILES string of the molecule is O=C(NCc1ccccc1)C1(C(=O)Nc2c(F)cccc2F)CC1. The smallest absolute Gasteiger partial charge is 0.240 e. The topological polar surface area (TPSA) is 58.2 Å². The average Bonchev–Trinajstić information content (AvgIpc) is 3.39. The number of carbonyl (C=O) groups is 2. The zero-order valence-corrected chi connectivity index (χ0v) is 12.8. The second-order valence-corrected chi connectivity index (χ2v) is 5.80. The van der Waals surface area contributed by atoms with Gasteiger partial charge in [-0.2, -0.15) is 0 Å². The van der Waals surface area contributed by atoms with Crippen LogP contribution in [0, 0.1) is 17.0 Å². The minimum Gasteiger partial charge on any atom is -0.351 e. The first-order valence-electron chi connectivity index (χ1n) is 7.61. The van der Waals surface area contributed by atoms with Crippen LogP contribution in [0.1, 0.15) is 18.4 Å². The van der Waals surface area contributed by atoms with Crippen molar-refractivity contribution in [3.8, 4) is 0 Å². The summed E-state index contributed by atoms with van der Waals surface area (Å²) in [4.78, 5) is 24.7. The van der Waals surface area contributed by atoms with Gasteiger partial charge in [0.15, 0.2) is 0 Å². The second-order valence-electron chi connectivity index (χ2n) is 5.80. The van der Waals surface area contributed by atoms with Gasteiger partial charge in [-0.15, -0.1) is 0 Å². The second kappa shape index (κ2) is 6.39. The minimum atomic E-state index is -1.25. The molecule has 0 aliphatic heterocycles. The molecule has 0 spiro atoms. The molecule has 6 heteroatoms. The maximum Gasteiger partial charge on any atom is 0.240 e. The maximum atomic E-state index is 13.6. The van der Waals surface area contributed by atoms with Crippen molar-refractivity contribution in [2.24, 2.45) is 5.41 Å². The fraction of sp³-hybridized carbons (Fsp3) is 0.222. The molecule has 0 aromatic heterocycles. The van der Waals surface area contributed by atoms with Crippen molar-refractivity contribution in [1.82, 2.24) is 5.32 Å². The highest BCUT2D eigenvalue weighted by Crippen LogP contribution is 2.47. The number of anilines is 1.